The molecule has 1 aromatic carbocycles. The maximum absolute atomic E-state index is 13.2. The predicted molar refractivity (Wildman–Crippen MR) is 120 cm³/mol. The maximum atomic E-state index is 13.2. The first-order chi connectivity index (χ1) is 14.1. The van der Waals surface area contributed by atoms with Crippen molar-refractivity contribution in [3.8, 4) is 0 Å². The first kappa shape index (κ1) is 23.7. The molecule has 0 saturated heterocycles. The number of hydrogen-bond acceptors (Lipinski definition) is 6. The summed E-state index contributed by atoms with van der Waals surface area (Å²) in [6.07, 6.45) is 1.78. The van der Waals surface area contributed by atoms with Crippen molar-refractivity contribution < 1.29 is 14.3 Å². The highest BCUT2D eigenvalue weighted by Gasteiger charge is 2.27. The van der Waals surface area contributed by atoms with Crippen LogP contribution in [0, 0.1) is 0 Å². The summed E-state index contributed by atoms with van der Waals surface area (Å²) in [7, 11) is 0. The lowest BCUT2D eigenvalue weighted by Crippen LogP contribution is -2.50. The number of carbonyl (C=O) groups is 2. The quantitative estimate of drug-likeness (QED) is 0.662. The Morgan fingerprint density at radius 3 is 2.63 bits per heavy atom. The number of likely N-dealkylation sites (N-methyl/N-ethyl adjacent to an activating group) is 1. The number of H-pyrrole nitrogens is 1. The number of nitrogens with one attached hydrogen (secondary N) is 2. The molecule has 9 heteroatoms. The molecule has 2 rings (SSSR count). The van der Waals surface area contributed by atoms with Crippen molar-refractivity contribution in [2.24, 2.45) is 0 Å². The highest BCUT2D eigenvalue weighted by atomic mass is 32.2. The van der Waals surface area contributed by atoms with Gasteiger partial charge in [-0.05, 0) is 58.3 Å². The van der Waals surface area contributed by atoms with E-state index in [1.165, 1.54) is 0 Å². The number of nitrogens with zero attached hydrogens (tertiary/aromatic N) is 2. The molecule has 2 aromatic rings. The van der Waals surface area contributed by atoms with Gasteiger partial charge in [-0.15, -0.1) is 0 Å². The Balaban J connectivity index is 2.19. The second-order valence-electron chi connectivity index (χ2n) is 7.86. The minimum atomic E-state index is -0.723. The fourth-order valence-corrected chi connectivity index (χ4v) is 3.37. The summed E-state index contributed by atoms with van der Waals surface area (Å²) < 4.78 is 5.31. The van der Waals surface area contributed by atoms with Gasteiger partial charge in [-0.3, -0.25) is 9.59 Å². The van der Waals surface area contributed by atoms with Gasteiger partial charge in [0.2, 0.25) is 5.91 Å². The lowest BCUT2D eigenvalue weighted by atomic mass is 10.2. The van der Waals surface area contributed by atoms with Crippen LogP contribution in [0.15, 0.2) is 29.1 Å². The van der Waals surface area contributed by atoms with Crippen molar-refractivity contribution in [1.29, 1.82) is 0 Å². The van der Waals surface area contributed by atoms with E-state index in [-0.39, 0.29) is 18.0 Å². The number of para-hydroxylation sites is 1. The molecule has 1 atom stereocenters. The standard InChI is InChI=1S/C21H30N4O4S/c1-6-25(13-17-22-15-10-8-7-9-14(15)18(26)24-17)19(27)16(11-12-30-5)23-20(28)29-21(2,3)4/h7-10,16H,6,11-13H2,1-5H3,(H,23,28)(H,22,24,26)/t16-/m0/s1. The Hall–Kier alpha value is -2.55. The average molecular weight is 435 g/mol. The average Bonchev–Trinajstić information content (AvgIpc) is 2.67. The molecule has 0 fully saturated rings. The molecule has 0 unspecified atom stereocenters. The number of carbonyl (C=O) groups excluding carboxylic acids is 2. The van der Waals surface area contributed by atoms with Crippen molar-refractivity contribution in [2.75, 3.05) is 18.6 Å². The second-order valence-corrected chi connectivity index (χ2v) is 8.85. The van der Waals surface area contributed by atoms with Gasteiger partial charge in [0.05, 0.1) is 17.4 Å². The molecule has 0 radical (unpaired) electrons. The highest BCUT2D eigenvalue weighted by Crippen LogP contribution is 2.12. The molecule has 164 valence electrons. The van der Waals surface area contributed by atoms with Gasteiger partial charge < -0.3 is 19.9 Å². The molecule has 0 aliphatic rings. The number of amides is 2. The van der Waals surface area contributed by atoms with E-state index in [9.17, 15) is 14.4 Å². The van der Waals surface area contributed by atoms with Gasteiger partial charge in [-0.25, -0.2) is 9.78 Å². The molecule has 1 aromatic heterocycles. The van der Waals surface area contributed by atoms with Gasteiger partial charge in [-0.2, -0.15) is 11.8 Å². The molecule has 30 heavy (non-hydrogen) atoms. The molecule has 8 nitrogen and oxygen atoms in total. The zero-order valence-electron chi connectivity index (χ0n) is 18.2. The van der Waals surface area contributed by atoms with Gasteiger partial charge in [0.15, 0.2) is 0 Å². The Morgan fingerprint density at radius 1 is 1.30 bits per heavy atom. The Labute approximate surface area is 180 Å². The first-order valence-electron chi connectivity index (χ1n) is 9.89. The molecule has 0 saturated carbocycles. The Bertz CT molecular complexity index is 938. The van der Waals surface area contributed by atoms with Crippen molar-refractivity contribution in [3.05, 3.63) is 40.4 Å². The highest BCUT2D eigenvalue weighted by molar-refractivity contribution is 7.98. The van der Waals surface area contributed by atoms with Crippen molar-refractivity contribution in [1.82, 2.24) is 20.2 Å². The fourth-order valence-electron chi connectivity index (χ4n) is 2.90. The molecule has 2 N–H and O–H groups in total. The Morgan fingerprint density at radius 2 is 2.00 bits per heavy atom. The van der Waals surface area contributed by atoms with E-state index in [1.54, 1.807) is 55.6 Å². The van der Waals surface area contributed by atoms with Crippen LogP contribution in [0.2, 0.25) is 0 Å². The van der Waals surface area contributed by atoms with Gasteiger partial charge in [0, 0.05) is 6.54 Å². The van der Waals surface area contributed by atoms with E-state index in [1.807, 2.05) is 19.2 Å². The number of ether oxygens (including phenoxy) is 1. The molecule has 0 aliphatic carbocycles. The van der Waals surface area contributed by atoms with Crippen LogP contribution in [0.3, 0.4) is 0 Å². The third-order valence-electron chi connectivity index (χ3n) is 4.30. The van der Waals surface area contributed by atoms with Crippen molar-refractivity contribution in [2.45, 2.75) is 52.3 Å². The topological polar surface area (TPSA) is 104 Å². The number of benzene rings is 1. The second kappa shape index (κ2) is 10.5. The predicted octanol–water partition coefficient (Wildman–Crippen LogP) is 2.92. The van der Waals surface area contributed by atoms with E-state index in [0.29, 0.717) is 35.4 Å². The number of aromatic amines is 1. The summed E-state index contributed by atoms with van der Waals surface area (Å²) in [6, 6.07) is 6.33. The largest absolute Gasteiger partial charge is 0.444 e. The monoisotopic (exact) mass is 434 g/mol. The zero-order chi connectivity index (χ0) is 22.3. The number of aromatic nitrogens is 2. The Kier molecular flexibility index (Phi) is 8.28. The van der Waals surface area contributed by atoms with Crippen LogP contribution in [0.25, 0.3) is 10.9 Å². The molecule has 0 aliphatic heterocycles. The molecular formula is C21H30N4O4S. The van der Waals surface area contributed by atoms with E-state index in [2.05, 4.69) is 15.3 Å². The fraction of sp³-hybridized carbons (Fsp3) is 0.524. The van der Waals surface area contributed by atoms with Crippen molar-refractivity contribution in [3.63, 3.8) is 0 Å². The van der Waals surface area contributed by atoms with Crippen molar-refractivity contribution >= 4 is 34.7 Å². The summed E-state index contributed by atoms with van der Waals surface area (Å²) in [5.74, 6) is 0.859. The van der Waals surface area contributed by atoms with Crippen LogP contribution in [-0.4, -0.2) is 57.1 Å². The van der Waals surface area contributed by atoms with Crippen LogP contribution < -0.4 is 10.9 Å². The molecular weight excluding hydrogens is 404 g/mol. The summed E-state index contributed by atoms with van der Waals surface area (Å²) in [6.45, 7) is 7.70. The lowest BCUT2D eigenvalue weighted by Gasteiger charge is -2.28. The normalized spacial score (nSPS) is 12.4. The SMILES string of the molecule is CCN(Cc1nc2ccccc2c(=O)[nH]1)C(=O)[C@H](CCSC)NC(=O)OC(C)(C)C. The lowest BCUT2D eigenvalue weighted by molar-refractivity contribution is -0.134. The minimum Gasteiger partial charge on any atom is -0.444 e. The summed E-state index contributed by atoms with van der Waals surface area (Å²) >= 11 is 1.59. The maximum Gasteiger partial charge on any atom is 0.408 e. The van der Waals surface area contributed by atoms with Crippen LogP contribution in [0.5, 0.6) is 0 Å². The first-order valence-corrected chi connectivity index (χ1v) is 11.3. The third kappa shape index (κ3) is 6.76. The molecule has 0 bridgehead atoms. The van der Waals surface area contributed by atoms with Gasteiger partial charge in [0.25, 0.3) is 5.56 Å². The van der Waals surface area contributed by atoms with Crippen LogP contribution in [0.1, 0.15) is 39.9 Å². The van der Waals surface area contributed by atoms with E-state index in [4.69, 9.17) is 4.74 Å². The van der Waals surface area contributed by atoms with Gasteiger partial charge >= 0.3 is 6.09 Å². The molecule has 2 amide bonds. The number of fused-ring (bicyclic) bond motifs is 1. The van der Waals surface area contributed by atoms with Crippen LogP contribution >= 0.6 is 11.8 Å². The minimum absolute atomic E-state index is 0.140. The number of thioether (sulfide) groups is 1. The van der Waals surface area contributed by atoms with E-state index < -0.39 is 17.7 Å². The van der Waals surface area contributed by atoms with E-state index >= 15 is 0 Å². The summed E-state index contributed by atoms with van der Waals surface area (Å²) in [5, 5.41) is 3.19. The smallest absolute Gasteiger partial charge is 0.408 e. The zero-order valence-corrected chi connectivity index (χ0v) is 19.0. The number of rotatable bonds is 8. The van der Waals surface area contributed by atoms with Gasteiger partial charge in [-0.1, -0.05) is 12.1 Å². The van der Waals surface area contributed by atoms with Crippen LogP contribution in [-0.2, 0) is 16.1 Å². The summed E-state index contributed by atoms with van der Waals surface area (Å²) in [5.41, 5.74) is -0.327. The van der Waals surface area contributed by atoms with E-state index in [0.717, 1.165) is 0 Å². The molecule has 1 heterocycles. The number of alkyl carbamates (subject to hydrolysis) is 1. The van der Waals surface area contributed by atoms with Crippen LogP contribution in [0.4, 0.5) is 4.79 Å². The third-order valence-corrected chi connectivity index (χ3v) is 4.94. The molecule has 0 spiro atoms. The summed E-state index contributed by atoms with van der Waals surface area (Å²) in [4.78, 5) is 46.5. The number of hydrogen-bond donors (Lipinski definition) is 2. The van der Waals surface area contributed by atoms with Gasteiger partial charge in [0.1, 0.15) is 17.5 Å².